The van der Waals surface area contributed by atoms with Crippen molar-refractivity contribution in [2.45, 2.75) is 17.5 Å². The third-order valence-electron chi connectivity index (χ3n) is 5.04. The molecule has 0 saturated heterocycles. The van der Waals surface area contributed by atoms with Crippen LogP contribution in [0, 0.1) is 5.92 Å². The van der Waals surface area contributed by atoms with Crippen LogP contribution in [0.3, 0.4) is 0 Å². The second-order valence-corrected chi connectivity index (χ2v) is 15.7. The molecule has 3 aromatic rings. The molecule has 1 atom stereocenters. The van der Waals surface area contributed by atoms with Gasteiger partial charge in [0.05, 0.1) is 0 Å². The molecule has 0 aromatic heterocycles. The minimum absolute atomic E-state index is 0.279. The Kier molecular flexibility index (Phi) is 4.93. The summed E-state index contributed by atoms with van der Waals surface area (Å²) < 4.78 is 0.279. The fraction of sp³-hybridized carbons (Fsp3) is 0.182. The van der Waals surface area contributed by atoms with Gasteiger partial charge in [-0.15, -0.1) is 0 Å². The van der Waals surface area contributed by atoms with Crippen molar-refractivity contribution in [3.8, 4) is 11.1 Å². The van der Waals surface area contributed by atoms with Crippen molar-refractivity contribution in [3.05, 3.63) is 77.4 Å². The number of benzene rings is 3. The van der Waals surface area contributed by atoms with E-state index in [2.05, 4.69) is 80.6 Å². The van der Waals surface area contributed by atoms with Gasteiger partial charge < -0.3 is 0 Å². The first-order valence-electron chi connectivity index (χ1n) is 8.57. The third kappa shape index (κ3) is 3.16. The summed E-state index contributed by atoms with van der Waals surface area (Å²) >= 11 is -2.45. The first-order chi connectivity index (χ1) is 12.1. The second-order valence-electron chi connectivity index (χ2n) is 6.89. The Balaban J connectivity index is 1.90. The molecule has 125 valence electrons. The van der Waals surface area contributed by atoms with Gasteiger partial charge in [-0.25, -0.2) is 0 Å². The van der Waals surface area contributed by atoms with Crippen LogP contribution in [0.2, 0.25) is 0 Å². The van der Waals surface area contributed by atoms with E-state index in [4.69, 9.17) is 17.0 Å². The normalized spacial score (nSPS) is 16.2. The molecule has 0 amide bonds. The van der Waals surface area contributed by atoms with Gasteiger partial charge in [0.15, 0.2) is 0 Å². The van der Waals surface area contributed by atoms with Gasteiger partial charge in [-0.2, -0.15) is 0 Å². The molecule has 1 unspecified atom stereocenters. The summed E-state index contributed by atoms with van der Waals surface area (Å²) in [5, 5.41) is 2.54. The van der Waals surface area contributed by atoms with Crippen molar-refractivity contribution in [1.82, 2.24) is 0 Å². The Morgan fingerprint density at radius 2 is 1.64 bits per heavy atom. The molecule has 0 radical (unpaired) electrons. The van der Waals surface area contributed by atoms with Gasteiger partial charge in [-0.1, -0.05) is 0 Å². The summed E-state index contributed by atoms with van der Waals surface area (Å²) in [5.41, 5.74) is 6.58. The Bertz CT molecular complexity index is 973. The van der Waals surface area contributed by atoms with Crippen molar-refractivity contribution >= 4 is 33.9 Å². The van der Waals surface area contributed by atoms with E-state index in [1.165, 1.54) is 38.6 Å². The summed E-state index contributed by atoms with van der Waals surface area (Å²) in [5.74, 6) is 0.468. The van der Waals surface area contributed by atoms with Crippen LogP contribution in [0.1, 0.15) is 28.6 Å². The fourth-order valence-corrected chi connectivity index (χ4v) is 9.50. The summed E-state index contributed by atoms with van der Waals surface area (Å²) in [7, 11) is 13.1. The molecule has 1 aliphatic rings. The van der Waals surface area contributed by atoms with Gasteiger partial charge in [0.1, 0.15) is 0 Å². The van der Waals surface area contributed by atoms with Crippen LogP contribution in [0.5, 0.6) is 0 Å². The molecule has 0 saturated carbocycles. The maximum atomic E-state index is 6.55. The summed E-state index contributed by atoms with van der Waals surface area (Å²) in [6, 6.07) is 21.8. The van der Waals surface area contributed by atoms with Crippen molar-refractivity contribution in [1.29, 1.82) is 0 Å². The van der Waals surface area contributed by atoms with E-state index in [-0.39, 0.29) is 3.63 Å². The molecule has 0 fully saturated rings. The number of fused-ring (bicyclic) bond motifs is 2. The van der Waals surface area contributed by atoms with Crippen LogP contribution in [0.15, 0.2) is 66.2 Å². The van der Waals surface area contributed by atoms with E-state index in [1.54, 1.807) is 0 Å². The van der Waals surface area contributed by atoms with Crippen LogP contribution in [-0.2, 0) is 19.4 Å². The summed E-state index contributed by atoms with van der Waals surface area (Å²) in [4.78, 5) is 0. The quantitative estimate of drug-likeness (QED) is 0.391. The summed E-state index contributed by atoms with van der Waals surface area (Å²) in [6.45, 7) is 4.47. The van der Waals surface area contributed by atoms with Crippen molar-refractivity contribution in [3.63, 3.8) is 0 Å². The Hall–Kier alpha value is -0.877. The molecule has 0 bridgehead atoms. The minimum atomic E-state index is -2.45. The average Bonchev–Trinajstić information content (AvgIpc) is 3.01. The fourth-order valence-electron chi connectivity index (χ4n) is 3.78. The number of hydrogen-bond donors (Lipinski definition) is 0. The monoisotopic (exact) mass is 443 g/mol. The molecule has 0 aliphatic heterocycles. The Morgan fingerprint density at radius 1 is 0.880 bits per heavy atom. The molecule has 25 heavy (non-hydrogen) atoms. The molecule has 0 N–H and O–H groups in total. The van der Waals surface area contributed by atoms with E-state index in [0.717, 1.165) is 0 Å². The molecular formula is C22H19Cl2Zr. The topological polar surface area (TPSA) is 0 Å². The number of halogens is 2. The molecule has 0 spiro atoms. The molecule has 0 nitrogen and oxygen atoms in total. The van der Waals surface area contributed by atoms with Crippen molar-refractivity contribution in [2.75, 3.05) is 0 Å². The van der Waals surface area contributed by atoms with E-state index in [0.29, 0.717) is 5.92 Å². The third-order valence-corrected chi connectivity index (χ3v) is 10.3. The van der Waals surface area contributed by atoms with E-state index < -0.39 is 19.4 Å². The molecule has 3 heteroatoms. The van der Waals surface area contributed by atoms with E-state index in [9.17, 15) is 0 Å². The molecular weight excluding hydrogens is 426 g/mol. The van der Waals surface area contributed by atoms with Crippen LogP contribution < -0.4 is 0 Å². The SMILES string of the molecule is CC(C)C1=Cc2c(-c3ccc4ccccc4c3)cccc2[CH]1[Zr]([Cl])[Cl]. The molecule has 0 heterocycles. The van der Waals surface area contributed by atoms with Gasteiger partial charge in [0.25, 0.3) is 0 Å². The predicted octanol–water partition coefficient (Wildman–Crippen LogP) is 7.53. The molecule has 3 aromatic carbocycles. The standard InChI is InChI=1S/C22H19.2ClH.Zr/c1-15(2)20-13-18-8-5-9-21(22(18)14-20)19-11-10-16-6-3-4-7-17(16)12-19;;;/h3-15H,1-2H3;2*1H;/q;;;+2/p-2. The molecule has 1 aliphatic carbocycles. The van der Waals surface area contributed by atoms with Crippen molar-refractivity contribution in [2.24, 2.45) is 5.92 Å². The molecule has 4 rings (SSSR count). The van der Waals surface area contributed by atoms with Crippen molar-refractivity contribution < 1.29 is 19.4 Å². The zero-order valence-electron chi connectivity index (χ0n) is 14.3. The van der Waals surface area contributed by atoms with Gasteiger partial charge >= 0.3 is 165 Å². The number of rotatable bonds is 3. The maximum absolute atomic E-state index is 6.55. The van der Waals surface area contributed by atoms with Crippen LogP contribution in [0.4, 0.5) is 0 Å². The number of hydrogen-bond acceptors (Lipinski definition) is 0. The van der Waals surface area contributed by atoms with Gasteiger partial charge in [0, 0.05) is 0 Å². The first-order valence-corrected chi connectivity index (χ1v) is 16.3. The van der Waals surface area contributed by atoms with E-state index >= 15 is 0 Å². The van der Waals surface area contributed by atoms with Crippen LogP contribution >= 0.6 is 17.0 Å². The Morgan fingerprint density at radius 3 is 2.36 bits per heavy atom. The average molecular weight is 446 g/mol. The van der Waals surface area contributed by atoms with Crippen LogP contribution in [-0.4, -0.2) is 0 Å². The van der Waals surface area contributed by atoms with Crippen LogP contribution in [0.25, 0.3) is 28.0 Å². The first kappa shape index (κ1) is 17.5. The van der Waals surface area contributed by atoms with Gasteiger partial charge in [-0.05, 0) is 0 Å². The predicted molar refractivity (Wildman–Crippen MR) is 107 cm³/mol. The zero-order chi connectivity index (χ0) is 17.6. The van der Waals surface area contributed by atoms with Gasteiger partial charge in [0.2, 0.25) is 0 Å². The number of allylic oxidation sites excluding steroid dienone is 1. The summed E-state index contributed by atoms with van der Waals surface area (Å²) in [6.07, 6.45) is 2.35. The zero-order valence-corrected chi connectivity index (χ0v) is 18.2. The van der Waals surface area contributed by atoms with Gasteiger partial charge in [-0.3, -0.25) is 0 Å². The van der Waals surface area contributed by atoms with E-state index in [1.807, 2.05) is 0 Å². The Labute approximate surface area is 164 Å². The second kappa shape index (κ2) is 7.03.